The minimum atomic E-state index is 0.0438. The smallest absolute Gasteiger partial charge is 0.0629 e. The lowest BCUT2D eigenvalue weighted by atomic mass is 10.0. The molecule has 104 valence electrons. The molecule has 2 heteroatoms. The second-order valence-electron chi connectivity index (χ2n) is 4.87. The number of hydrogen-bond donors (Lipinski definition) is 2. The Kier molecular flexibility index (Phi) is 3.99. The molecule has 0 aliphatic rings. The van der Waals surface area contributed by atoms with Crippen molar-refractivity contribution >= 4 is 16.5 Å². The summed E-state index contributed by atoms with van der Waals surface area (Å²) < 4.78 is 0. The summed E-state index contributed by atoms with van der Waals surface area (Å²) in [4.78, 5) is 0. The van der Waals surface area contributed by atoms with Crippen molar-refractivity contribution < 1.29 is 5.11 Å². The Morgan fingerprint density at radius 1 is 0.810 bits per heavy atom. The first kappa shape index (κ1) is 13.4. The van der Waals surface area contributed by atoms with Crippen molar-refractivity contribution in [3.8, 4) is 11.1 Å². The molecule has 2 N–H and O–H groups in total. The molecule has 0 heterocycles. The van der Waals surface area contributed by atoms with E-state index in [0.29, 0.717) is 0 Å². The van der Waals surface area contributed by atoms with Crippen LogP contribution in [0.1, 0.15) is 0 Å². The molecule has 0 unspecified atom stereocenters. The van der Waals surface area contributed by atoms with Gasteiger partial charge in [0.05, 0.1) is 6.61 Å². The number of aliphatic hydroxyl groups is 1. The van der Waals surface area contributed by atoms with Crippen LogP contribution in [0.4, 0.5) is 5.69 Å². The van der Waals surface area contributed by atoms with Gasteiger partial charge in [-0.3, -0.25) is 0 Å². The molecule has 0 amide bonds. The molecule has 2 nitrogen and oxygen atoms in total. The lowest BCUT2D eigenvalue weighted by Crippen LogP contribution is -1.88. The van der Waals surface area contributed by atoms with Crippen LogP contribution in [0.15, 0.2) is 79.0 Å². The summed E-state index contributed by atoms with van der Waals surface area (Å²) in [5.74, 6) is 0. The van der Waals surface area contributed by atoms with Crippen molar-refractivity contribution in [3.05, 3.63) is 79.0 Å². The van der Waals surface area contributed by atoms with E-state index < -0.39 is 0 Å². The lowest BCUT2D eigenvalue weighted by Gasteiger charge is -2.06. The molecule has 21 heavy (non-hydrogen) atoms. The predicted molar refractivity (Wildman–Crippen MR) is 89.2 cm³/mol. The van der Waals surface area contributed by atoms with Crippen LogP contribution in [0.3, 0.4) is 0 Å². The molecule has 0 saturated carbocycles. The standard InChI is InChI=1S/C19H17NO/c21-13-3-12-20-19-10-8-16(9-11-19)18-7-6-15-4-1-2-5-17(15)14-18/h1-12,14,20-21H,13H2/b12-3+. The Labute approximate surface area is 124 Å². The van der Waals surface area contributed by atoms with Gasteiger partial charge in [-0.05, 0) is 52.4 Å². The highest BCUT2D eigenvalue weighted by molar-refractivity contribution is 5.87. The fraction of sp³-hybridized carbons (Fsp3) is 0.0526. The normalized spacial score (nSPS) is 11.1. The number of fused-ring (bicyclic) bond motifs is 1. The summed E-state index contributed by atoms with van der Waals surface area (Å²) in [6.45, 7) is 0.0438. The molecule has 3 aromatic rings. The summed E-state index contributed by atoms with van der Waals surface area (Å²) in [6.07, 6.45) is 3.41. The second kappa shape index (κ2) is 6.25. The molecule has 0 saturated heterocycles. The van der Waals surface area contributed by atoms with Gasteiger partial charge in [-0.2, -0.15) is 0 Å². The summed E-state index contributed by atoms with van der Waals surface area (Å²) >= 11 is 0. The fourth-order valence-electron chi connectivity index (χ4n) is 2.34. The molecule has 0 radical (unpaired) electrons. The number of anilines is 1. The maximum Gasteiger partial charge on any atom is 0.0629 e. The molecule has 0 aliphatic heterocycles. The molecule has 0 fully saturated rings. The number of hydrogen-bond acceptors (Lipinski definition) is 2. The third-order valence-corrected chi connectivity index (χ3v) is 3.44. The molecule has 0 spiro atoms. The van der Waals surface area contributed by atoms with Crippen LogP contribution < -0.4 is 5.32 Å². The number of aliphatic hydroxyl groups excluding tert-OH is 1. The highest BCUT2D eigenvalue weighted by atomic mass is 16.2. The zero-order valence-electron chi connectivity index (χ0n) is 11.7. The number of benzene rings is 3. The van der Waals surface area contributed by atoms with Crippen LogP contribution in [0.25, 0.3) is 21.9 Å². The molecule has 0 atom stereocenters. The van der Waals surface area contributed by atoms with E-state index in [1.807, 2.05) is 12.1 Å². The maximum atomic E-state index is 8.70. The molecule has 3 aromatic carbocycles. The van der Waals surface area contributed by atoms with Crippen molar-refractivity contribution in [2.45, 2.75) is 0 Å². The molecule has 0 aromatic heterocycles. The first-order valence-electron chi connectivity index (χ1n) is 6.98. The van der Waals surface area contributed by atoms with E-state index in [0.717, 1.165) is 5.69 Å². The van der Waals surface area contributed by atoms with Crippen molar-refractivity contribution in [3.63, 3.8) is 0 Å². The summed E-state index contributed by atoms with van der Waals surface area (Å²) in [5, 5.41) is 14.3. The molecular formula is C19H17NO. The van der Waals surface area contributed by atoms with Crippen LogP contribution in [-0.2, 0) is 0 Å². The number of rotatable bonds is 4. The third kappa shape index (κ3) is 3.12. The van der Waals surface area contributed by atoms with E-state index >= 15 is 0 Å². The Hall–Kier alpha value is -2.58. The van der Waals surface area contributed by atoms with Gasteiger partial charge in [0.2, 0.25) is 0 Å². The van der Waals surface area contributed by atoms with Crippen molar-refractivity contribution in [1.29, 1.82) is 0 Å². The highest BCUT2D eigenvalue weighted by Gasteiger charge is 1.99. The van der Waals surface area contributed by atoms with Crippen LogP contribution in [0, 0.1) is 0 Å². The lowest BCUT2D eigenvalue weighted by molar-refractivity contribution is 0.342. The monoisotopic (exact) mass is 275 g/mol. The zero-order chi connectivity index (χ0) is 14.5. The number of nitrogens with one attached hydrogen (secondary N) is 1. The minimum absolute atomic E-state index is 0.0438. The molecule has 0 aliphatic carbocycles. The Balaban J connectivity index is 1.86. The fourth-order valence-corrected chi connectivity index (χ4v) is 2.34. The van der Waals surface area contributed by atoms with E-state index in [9.17, 15) is 0 Å². The van der Waals surface area contributed by atoms with E-state index in [1.165, 1.54) is 21.9 Å². The maximum absolute atomic E-state index is 8.70. The van der Waals surface area contributed by atoms with Gasteiger partial charge in [-0.1, -0.05) is 48.5 Å². The van der Waals surface area contributed by atoms with Gasteiger partial charge < -0.3 is 10.4 Å². The Morgan fingerprint density at radius 2 is 1.52 bits per heavy atom. The Morgan fingerprint density at radius 3 is 2.29 bits per heavy atom. The summed E-state index contributed by atoms with van der Waals surface area (Å²) in [5.41, 5.74) is 3.41. The van der Waals surface area contributed by atoms with E-state index in [2.05, 4.69) is 59.9 Å². The van der Waals surface area contributed by atoms with Crippen molar-refractivity contribution in [2.75, 3.05) is 11.9 Å². The van der Waals surface area contributed by atoms with Crippen molar-refractivity contribution in [1.82, 2.24) is 0 Å². The van der Waals surface area contributed by atoms with Gasteiger partial charge in [0.25, 0.3) is 0 Å². The van der Waals surface area contributed by atoms with Crippen LogP contribution in [0.5, 0.6) is 0 Å². The van der Waals surface area contributed by atoms with Gasteiger partial charge in [0.1, 0.15) is 0 Å². The van der Waals surface area contributed by atoms with Crippen LogP contribution >= 0.6 is 0 Å². The SMILES string of the molecule is OC/C=C/Nc1ccc(-c2ccc3ccccc3c2)cc1. The first-order valence-corrected chi connectivity index (χ1v) is 6.98. The van der Waals surface area contributed by atoms with Crippen LogP contribution in [0.2, 0.25) is 0 Å². The minimum Gasteiger partial charge on any atom is -0.392 e. The molecule has 3 rings (SSSR count). The van der Waals surface area contributed by atoms with E-state index in [-0.39, 0.29) is 6.61 Å². The summed E-state index contributed by atoms with van der Waals surface area (Å²) in [7, 11) is 0. The average Bonchev–Trinajstić information content (AvgIpc) is 2.55. The van der Waals surface area contributed by atoms with Gasteiger partial charge in [0.15, 0.2) is 0 Å². The third-order valence-electron chi connectivity index (χ3n) is 3.44. The topological polar surface area (TPSA) is 32.3 Å². The van der Waals surface area contributed by atoms with Gasteiger partial charge in [0, 0.05) is 5.69 Å². The first-order chi connectivity index (χ1) is 10.4. The van der Waals surface area contributed by atoms with Gasteiger partial charge >= 0.3 is 0 Å². The van der Waals surface area contributed by atoms with Crippen molar-refractivity contribution in [2.24, 2.45) is 0 Å². The second-order valence-corrected chi connectivity index (χ2v) is 4.87. The predicted octanol–water partition coefficient (Wildman–Crippen LogP) is 4.42. The van der Waals surface area contributed by atoms with E-state index in [1.54, 1.807) is 12.3 Å². The van der Waals surface area contributed by atoms with Crippen LogP contribution in [-0.4, -0.2) is 11.7 Å². The molecule has 0 bridgehead atoms. The Bertz CT molecular complexity index is 760. The highest BCUT2D eigenvalue weighted by Crippen LogP contribution is 2.25. The zero-order valence-corrected chi connectivity index (χ0v) is 11.7. The summed E-state index contributed by atoms with van der Waals surface area (Å²) in [6, 6.07) is 23.2. The largest absolute Gasteiger partial charge is 0.392 e. The van der Waals surface area contributed by atoms with Gasteiger partial charge in [-0.25, -0.2) is 0 Å². The average molecular weight is 275 g/mol. The van der Waals surface area contributed by atoms with E-state index in [4.69, 9.17) is 5.11 Å². The molecular weight excluding hydrogens is 258 g/mol. The van der Waals surface area contributed by atoms with Gasteiger partial charge in [-0.15, -0.1) is 0 Å². The quantitative estimate of drug-likeness (QED) is 0.738.